The molecule has 0 aliphatic rings. The van der Waals surface area contributed by atoms with E-state index in [1.54, 1.807) is 37.3 Å². The monoisotopic (exact) mass is 514 g/mol. The first-order valence-corrected chi connectivity index (χ1v) is 11.7. The van der Waals surface area contributed by atoms with E-state index in [9.17, 15) is 18.8 Å². The van der Waals surface area contributed by atoms with Crippen LogP contribution in [0, 0.1) is 12.7 Å². The average molecular weight is 515 g/mol. The lowest BCUT2D eigenvalue weighted by Crippen LogP contribution is -2.49. The lowest BCUT2D eigenvalue weighted by molar-refractivity contribution is -0.128. The Morgan fingerprint density at radius 1 is 1.08 bits per heavy atom. The molecule has 3 rings (SSSR count). The molecule has 0 saturated carbocycles. The maximum atomic E-state index is 13.7. The second-order valence-corrected chi connectivity index (χ2v) is 9.68. The van der Waals surface area contributed by atoms with Gasteiger partial charge in [-0.1, -0.05) is 35.0 Å². The van der Waals surface area contributed by atoms with Gasteiger partial charge in [-0.2, -0.15) is 0 Å². The van der Waals surface area contributed by atoms with E-state index in [0.29, 0.717) is 11.3 Å². The summed E-state index contributed by atoms with van der Waals surface area (Å²) in [4.78, 5) is 40.8. The number of anilines is 2. The second kappa shape index (κ2) is 11.3. The Morgan fingerprint density at radius 3 is 2.33 bits per heavy atom. The average Bonchev–Trinajstić information content (AvgIpc) is 3.20. The number of aryl methyl sites for hydroxylation is 1. The molecule has 0 saturated heterocycles. The third kappa shape index (κ3) is 7.14. The third-order valence-corrected chi connectivity index (χ3v) is 5.38. The summed E-state index contributed by atoms with van der Waals surface area (Å²) in [5.74, 6) is -1.20. The number of carbonyl (C=O) groups is 3. The van der Waals surface area contributed by atoms with Crippen molar-refractivity contribution in [1.29, 1.82) is 0 Å². The molecule has 10 heteroatoms. The molecule has 2 N–H and O–H groups in total. The zero-order valence-electron chi connectivity index (χ0n) is 20.5. The molecule has 0 bridgehead atoms. The van der Waals surface area contributed by atoms with E-state index < -0.39 is 35.1 Å². The molecular formula is C26H28ClFN4O4. The summed E-state index contributed by atoms with van der Waals surface area (Å²) in [6.45, 7) is 7.13. The van der Waals surface area contributed by atoms with E-state index in [4.69, 9.17) is 16.1 Å². The topological polar surface area (TPSA) is 105 Å². The standard InChI is InChI=1S/C26H28ClFN4O4/c1-16-15-21(31-36-16)29-22(33)13-14-23(34)32(18-11-9-17(28)10-12-18)24(25(35)30-26(2,3)4)19-7-5-6-8-20(19)27/h5-12,15,24H,13-14H2,1-4H3,(H,30,35)(H,29,31,33)/t24-/m1/s1. The number of hydrogen-bond acceptors (Lipinski definition) is 5. The highest BCUT2D eigenvalue weighted by molar-refractivity contribution is 6.31. The molecule has 0 fully saturated rings. The van der Waals surface area contributed by atoms with Crippen molar-refractivity contribution < 1.29 is 23.3 Å². The molecule has 3 aromatic rings. The maximum absolute atomic E-state index is 13.7. The summed E-state index contributed by atoms with van der Waals surface area (Å²) in [6, 6.07) is 12.3. The van der Waals surface area contributed by atoms with Crippen molar-refractivity contribution in [3.63, 3.8) is 0 Å². The molecule has 1 atom stereocenters. The zero-order chi connectivity index (χ0) is 26.5. The van der Waals surface area contributed by atoms with Crippen molar-refractivity contribution in [2.24, 2.45) is 0 Å². The number of halogens is 2. The van der Waals surface area contributed by atoms with Gasteiger partial charge in [0.25, 0.3) is 0 Å². The Morgan fingerprint density at radius 2 is 1.75 bits per heavy atom. The first kappa shape index (κ1) is 26.9. The fourth-order valence-corrected chi connectivity index (χ4v) is 3.78. The smallest absolute Gasteiger partial charge is 0.248 e. The second-order valence-electron chi connectivity index (χ2n) is 9.27. The Labute approximate surface area is 213 Å². The van der Waals surface area contributed by atoms with Crippen molar-refractivity contribution >= 4 is 40.8 Å². The molecule has 1 heterocycles. The van der Waals surface area contributed by atoms with Gasteiger partial charge in [-0.15, -0.1) is 0 Å². The zero-order valence-corrected chi connectivity index (χ0v) is 21.2. The van der Waals surface area contributed by atoms with Gasteiger partial charge in [0.2, 0.25) is 17.7 Å². The van der Waals surface area contributed by atoms with Gasteiger partial charge in [0, 0.05) is 40.7 Å². The fraction of sp³-hybridized carbons (Fsp3) is 0.308. The summed E-state index contributed by atoms with van der Waals surface area (Å²) in [7, 11) is 0. The molecule has 0 aliphatic carbocycles. The number of rotatable bonds is 8. The van der Waals surface area contributed by atoms with Gasteiger partial charge in [0.05, 0.1) is 0 Å². The minimum absolute atomic E-state index is 0.182. The van der Waals surface area contributed by atoms with Crippen LogP contribution in [-0.2, 0) is 14.4 Å². The number of hydrogen-bond donors (Lipinski definition) is 2. The summed E-state index contributed by atoms with van der Waals surface area (Å²) in [5, 5.41) is 9.45. The molecule has 0 radical (unpaired) electrons. The minimum Gasteiger partial charge on any atom is -0.360 e. The summed E-state index contributed by atoms with van der Waals surface area (Å²) >= 11 is 6.46. The van der Waals surface area contributed by atoms with E-state index in [1.807, 2.05) is 20.8 Å². The van der Waals surface area contributed by atoms with Gasteiger partial charge in [0.1, 0.15) is 17.6 Å². The minimum atomic E-state index is -1.17. The molecule has 1 aromatic heterocycles. The maximum Gasteiger partial charge on any atom is 0.248 e. The molecule has 0 aliphatic heterocycles. The summed E-state index contributed by atoms with van der Waals surface area (Å²) in [6.07, 6.45) is -0.414. The van der Waals surface area contributed by atoms with Crippen LogP contribution in [0.3, 0.4) is 0 Å². The van der Waals surface area contributed by atoms with E-state index in [0.717, 1.165) is 0 Å². The van der Waals surface area contributed by atoms with Crippen molar-refractivity contribution in [3.8, 4) is 0 Å². The van der Waals surface area contributed by atoms with Crippen LogP contribution in [0.25, 0.3) is 0 Å². The van der Waals surface area contributed by atoms with E-state index >= 15 is 0 Å². The Kier molecular flexibility index (Phi) is 8.47. The van der Waals surface area contributed by atoms with E-state index in [1.165, 1.54) is 29.2 Å². The SMILES string of the molecule is Cc1cc(NC(=O)CCC(=O)N(c2ccc(F)cc2)[C@@H](C(=O)NC(C)(C)C)c2ccccc2Cl)no1. The largest absolute Gasteiger partial charge is 0.360 e. The number of aromatic nitrogens is 1. The highest BCUT2D eigenvalue weighted by Gasteiger charge is 2.35. The van der Waals surface area contributed by atoms with Crippen LogP contribution in [0.2, 0.25) is 5.02 Å². The van der Waals surface area contributed by atoms with Crippen LogP contribution in [0.1, 0.15) is 51.0 Å². The van der Waals surface area contributed by atoms with Gasteiger partial charge in [-0.05, 0) is 58.0 Å². The van der Waals surface area contributed by atoms with Gasteiger partial charge in [0.15, 0.2) is 5.82 Å². The first-order valence-electron chi connectivity index (χ1n) is 11.3. The Balaban J connectivity index is 1.96. The molecular weight excluding hydrogens is 487 g/mol. The number of nitrogens with one attached hydrogen (secondary N) is 2. The molecule has 2 aromatic carbocycles. The van der Waals surface area contributed by atoms with E-state index in [-0.39, 0.29) is 29.4 Å². The molecule has 0 unspecified atom stereocenters. The number of amides is 3. The first-order chi connectivity index (χ1) is 16.9. The predicted molar refractivity (Wildman–Crippen MR) is 135 cm³/mol. The fourth-order valence-electron chi connectivity index (χ4n) is 3.54. The molecule has 8 nitrogen and oxygen atoms in total. The number of benzene rings is 2. The van der Waals surface area contributed by atoms with Crippen molar-refractivity contribution in [1.82, 2.24) is 10.5 Å². The van der Waals surface area contributed by atoms with Gasteiger partial charge < -0.3 is 15.2 Å². The van der Waals surface area contributed by atoms with Gasteiger partial charge >= 0.3 is 0 Å². The molecule has 3 amide bonds. The van der Waals surface area contributed by atoms with Crippen molar-refractivity contribution in [2.75, 3.05) is 10.2 Å². The lowest BCUT2D eigenvalue weighted by atomic mass is 10.00. The van der Waals surface area contributed by atoms with Crippen LogP contribution in [0.5, 0.6) is 0 Å². The Bertz CT molecular complexity index is 1240. The molecule has 0 spiro atoms. The summed E-state index contributed by atoms with van der Waals surface area (Å²) in [5.41, 5.74) is 0.0630. The normalized spacial score (nSPS) is 12.1. The Hall–Kier alpha value is -3.72. The van der Waals surface area contributed by atoms with Gasteiger partial charge in [-0.3, -0.25) is 19.3 Å². The van der Waals surface area contributed by atoms with Crippen LogP contribution in [0.15, 0.2) is 59.1 Å². The number of nitrogens with zero attached hydrogens (tertiary/aromatic N) is 2. The predicted octanol–water partition coefficient (Wildman–Crippen LogP) is 5.18. The molecule has 190 valence electrons. The lowest BCUT2D eigenvalue weighted by Gasteiger charge is -2.34. The van der Waals surface area contributed by atoms with Crippen LogP contribution < -0.4 is 15.5 Å². The van der Waals surface area contributed by atoms with Crippen LogP contribution in [0.4, 0.5) is 15.9 Å². The van der Waals surface area contributed by atoms with Crippen molar-refractivity contribution in [3.05, 3.63) is 76.8 Å². The summed E-state index contributed by atoms with van der Waals surface area (Å²) < 4.78 is 18.6. The van der Waals surface area contributed by atoms with Crippen molar-refractivity contribution in [2.45, 2.75) is 52.1 Å². The highest BCUT2D eigenvalue weighted by atomic mass is 35.5. The molecule has 36 heavy (non-hydrogen) atoms. The third-order valence-electron chi connectivity index (χ3n) is 5.04. The van der Waals surface area contributed by atoms with Gasteiger partial charge in [-0.25, -0.2) is 4.39 Å². The van der Waals surface area contributed by atoms with Crippen LogP contribution >= 0.6 is 11.6 Å². The van der Waals surface area contributed by atoms with Crippen LogP contribution in [-0.4, -0.2) is 28.4 Å². The van der Waals surface area contributed by atoms with E-state index in [2.05, 4.69) is 15.8 Å². The highest BCUT2D eigenvalue weighted by Crippen LogP contribution is 2.33. The quantitative estimate of drug-likeness (QED) is 0.431. The number of carbonyl (C=O) groups excluding carboxylic acids is 3.